The fourth-order valence-corrected chi connectivity index (χ4v) is 8.04. The van der Waals surface area contributed by atoms with Gasteiger partial charge in [0.2, 0.25) is 0 Å². The van der Waals surface area contributed by atoms with E-state index in [4.69, 9.17) is 19.2 Å². The minimum absolute atomic E-state index is 0.201. The lowest BCUT2D eigenvalue weighted by atomic mass is 9.77. The topological polar surface area (TPSA) is 103 Å². The second-order valence-corrected chi connectivity index (χ2v) is 15.2. The molecule has 2 aromatic carbocycles. The first-order chi connectivity index (χ1) is 25.8. The maximum Gasteiger partial charge on any atom is 0.337 e. The maximum atomic E-state index is 14.1. The number of benzene rings is 2. The van der Waals surface area contributed by atoms with Gasteiger partial charge in [0.15, 0.2) is 5.16 Å². The number of unbranched alkanes of at least 4 members (excludes halogenated alkanes) is 12. The van der Waals surface area contributed by atoms with Crippen molar-refractivity contribution in [3.63, 3.8) is 0 Å². The van der Waals surface area contributed by atoms with E-state index in [-0.39, 0.29) is 12.7 Å². The van der Waals surface area contributed by atoms with Crippen LogP contribution in [-0.2, 0) is 25.5 Å². The van der Waals surface area contributed by atoms with Gasteiger partial charge in [0, 0.05) is 22.7 Å². The van der Waals surface area contributed by atoms with Crippen LogP contribution in [0, 0.1) is 0 Å². The van der Waals surface area contributed by atoms with Crippen LogP contribution in [0.3, 0.4) is 0 Å². The van der Waals surface area contributed by atoms with E-state index in [0.717, 1.165) is 46.6 Å². The summed E-state index contributed by atoms with van der Waals surface area (Å²) in [6.45, 7) is 12.2. The number of carbonyl (C=O) groups is 2. The molecule has 1 atom stereocenters. The Hall–Kier alpha value is -3.72. The Morgan fingerprint density at radius 1 is 0.792 bits per heavy atom. The van der Waals surface area contributed by atoms with Crippen molar-refractivity contribution < 1.29 is 23.8 Å². The number of aryl methyl sites for hydroxylation is 1. The summed E-state index contributed by atoms with van der Waals surface area (Å²) in [7, 11) is 0. The summed E-state index contributed by atoms with van der Waals surface area (Å²) in [5.74, 6) is -0.600. The van der Waals surface area contributed by atoms with Crippen LogP contribution in [-0.4, -0.2) is 47.0 Å². The number of esters is 2. The number of thioether (sulfide) groups is 1. The fourth-order valence-electron chi connectivity index (χ4n) is 7.18. The highest BCUT2D eigenvalue weighted by Gasteiger charge is 2.41. The number of carbonyl (C=O) groups excluding carboxylic acids is 2. The summed E-state index contributed by atoms with van der Waals surface area (Å²) >= 11 is 1.50. The Balaban J connectivity index is 1.61. The lowest BCUT2D eigenvalue weighted by Crippen LogP contribution is -2.35. The predicted octanol–water partition coefficient (Wildman–Crippen LogP) is 11.1. The number of aromatic nitrogens is 2. The van der Waals surface area contributed by atoms with Gasteiger partial charge in [0.1, 0.15) is 5.75 Å². The van der Waals surface area contributed by atoms with Crippen molar-refractivity contribution in [1.82, 2.24) is 15.3 Å². The van der Waals surface area contributed by atoms with Gasteiger partial charge in [-0.15, -0.1) is 0 Å². The van der Waals surface area contributed by atoms with Gasteiger partial charge in [-0.1, -0.05) is 120 Å². The first kappa shape index (κ1) is 42.0. The highest BCUT2D eigenvalue weighted by atomic mass is 32.2. The van der Waals surface area contributed by atoms with Crippen molar-refractivity contribution in [2.75, 3.05) is 19.0 Å². The zero-order valence-corrected chi connectivity index (χ0v) is 33.9. The average Bonchev–Trinajstić information content (AvgIpc) is 3.55. The molecule has 1 aromatic heterocycles. The van der Waals surface area contributed by atoms with Crippen LogP contribution in [0.1, 0.15) is 142 Å². The number of dihydropyridines is 1. The number of rotatable bonds is 24. The number of hydrogen-bond acceptors (Lipinski definition) is 8. The molecule has 0 amide bonds. The molecule has 1 aliphatic rings. The SMILES string of the molecule is CCCCCCCCCCCCCCCc1cccc(OCC)c1C1C(C(=O)OC(C)C)=C(C)NC(CSc2nc3ccccc3[nH]2)=C1C(=O)OCC. The van der Waals surface area contributed by atoms with Crippen molar-refractivity contribution >= 4 is 34.7 Å². The van der Waals surface area contributed by atoms with Crippen molar-refractivity contribution in [1.29, 1.82) is 0 Å². The fraction of sp³-hybridized carbons (Fsp3) is 0.568. The summed E-state index contributed by atoms with van der Waals surface area (Å²) in [5.41, 5.74) is 5.85. The van der Waals surface area contributed by atoms with Crippen LogP contribution >= 0.6 is 11.8 Å². The van der Waals surface area contributed by atoms with Gasteiger partial charge in [-0.25, -0.2) is 14.6 Å². The van der Waals surface area contributed by atoms with E-state index in [2.05, 4.69) is 23.3 Å². The lowest BCUT2D eigenvalue weighted by Gasteiger charge is -2.33. The van der Waals surface area contributed by atoms with Crippen LogP contribution < -0.4 is 10.1 Å². The standard InChI is InChI=1S/C44H63N3O5S/c1-7-10-11-12-13-14-15-16-17-18-19-20-21-25-33-26-24-29-37(50-8-2)39(33)41-38(43(49)52-31(4)5)32(6)45-36(40(41)42(48)51-9-3)30-53-44-46-34-27-22-23-28-35(34)47-44/h22-24,26-29,31,41,45H,7-21,25,30H2,1-6H3,(H,46,47). The van der Waals surface area contributed by atoms with Gasteiger partial charge in [0.25, 0.3) is 0 Å². The molecular formula is C44H63N3O5S. The molecule has 0 radical (unpaired) electrons. The number of ether oxygens (including phenoxy) is 3. The van der Waals surface area contributed by atoms with Gasteiger partial charge in [-0.2, -0.15) is 0 Å². The Bertz CT molecular complexity index is 1640. The molecule has 0 saturated carbocycles. The monoisotopic (exact) mass is 745 g/mol. The van der Waals surface area contributed by atoms with Crippen molar-refractivity contribution in [2.45, 2.75) is 149 Å². The number of H-pyrrole nitrogens is 1. The lowest BCUT2D eigenvalue weighted by molar-refractivity contribution is -0.143. The molecule has 9 heteroatoms. The number of allylic oxidation sites excluding steroid dienone is 1. The molecule has 290 valence electrons. The number of nitrogens with zero attached hydrogens (tertiary/aromatic N) is 1. The zero-order valence-electron chi connectivity index (χ0n) is 33.1. The number of imidazole rings is 1. The van der Waals surface area contributed by atoms with E-state index in [0.29, 0.717) is 40.6 Å². The van der Waals surface area contributed by atoms with Crippen LogP contribution in [0.4, 0.5) is 0 Å². The largest absolute Gasteiger partial charge is 0.494 e. The number of fused-ring (bicyclic) bond motifs is 1. The second-order valence-electron chi connectivity index (χ2n) is 14.3. The molecule has 1 aliphatic heterocycles. The highest BCUT2D eigenvalue weighted by Crippen LogP contribution is 2.45. The van der Waals surface area contributed by atoms with Crippen LogP contribution in [0.25, 0.3) is 11.0 Å². The Kier molecular flexibility index (Phi) is 17.8. The molecular weight excluding hydrogens is 683 g/mol. The van der Waals surface area contributed by atoms with E-state index in [9.17, 15) is 9.59 Å². The van der Waals surface area contributed by atoms with Gasteiger partial charge in [-0.3, -0.25) is 0 Å². The molecule has 0 aliphatic carbocycles. The first-order valence-corrected chi connectivity index (χ1v) is 21.2. The number of aromatic amines is 1. The third-order valence-corrected chi connectivity index (χ3v) is 10.6. The summed E-state index contributed by atoms with van der Waals surface area (Å²) < 4.78 is 17.9. The molecule has 0 spiro atoms. The third kappa shape index (κ3) is 12.4. The van der Waals surface area contributed by atoms with Gasteiger partial charge in [-0.05, 0) is 71.2 Å². The van der Waals surface area contributed by atoms with E-state index in [1.807, 2.05) is 64.1 Å². The normalized spacial score (nSPS) is 14.6. The molecule has 3 aromatic rings. The summed E-state index contributed by atoms with van der Waals surface area (Å²) in [5, 5.41) is 4.18. The van der Waals surface area contributed by atoms with Crippen molar-refractivity contribution in [2.24, 2.45) is 0 Å². The first-order valence-electron chi connectivity index (χ1n) is 20.2. The molecule has 8 nitrogen and oxygen atoms in total. The van der Waals surface area contributed by atoms with Crippen LogP contribution in [0.5, 0.6) is 5.75 Å². The van der Waals surface area contributed by atoms with Crippen molar-refractivity contribution in [3.8, 4) is 5.75 Å². The highest BCUT2D eigenvalue weighted by molar-refractivity contribution is 7.99. The minimum atomic E-state index is -0.743. The van der Waals surface area contributed by atoms with Crippen LogP contribution in [0.2, 0.25) is 0 Å². The predicted molar refractivity (Wildman–Crippen MR) is 217 cm³/mol. The zero-order chi connectivity index (χ0) is 38.0. The number of hydrogen-bond donors (Lipinski definition) is 2. The summed E-state index contributed by atoms with van der Waals surface area (Å²) in [6.07, 6.45) is 17.2. The molecule has 1 unspecified atom stereocenters. The molecule has 0 fully saturated rings. The summed E-state index contributed by atoms with van der Waals surface area (Å²) in [4.78, 5) is 36.3. The second kappa shape index (κ2) is 22.5. The van der Waals surface area contributed by atoms with Crippen LogP contribution in [0.15, 0.2) is 70.2 Å². The maximum absolute atomic E-state index is 14.1. The third-order valence-electron chi connectivity index (χ3n) is 9.72. The molecule has 2 heterocycles. The van der Waals surface area contributed by atoms with E-state index in [1.54, 1.807) is 6.92 Å². The summed E-state index contributed by atoms with van der Waals surface area (Å²) in [6, 6.07) is 14.0. The Labute approximate surface area is 322 Å². The van der Waals surface area contributed by atoms with E-state index in [1.165, 1.54) is 82.4 Å². The Morgan fingerprint density at radius 3 is 2.08 bits per heavy atom. The van der Waals surface area contributed by atoms with Gasteiger partial charge in [0.05, 0.1) is 47.4 Å². The van der Waals surface area contributed by atoms with E-state index < -0.39 is 17.9 Å². The number of para-hydroxylation sites is 2. The van der Waals surface area contributed by atoms with E-state index >= 15 is 0 Å². The minimum Gasteiger partial charge on any atom is -0.494 e. The molecule has 0 saturated heterocycles. The van der Waals surface area contributed by atoms with Crippen molar-refractivity contribution in [3.05, 3.63) is 76.1 Å². The smallest absolute Gasteiger partial charge is 0.337 e. The number of nitrogens with one attached hydrogen (secondary N) is 2. The Morgan fingerprint density at radius 2 is 1.45 bits per heavy atom. The molecule has 0 bridgehead atoms. The quantitative estimate of drug-likeness (QED) is 0.0531. The molecule has 2 N–H and O–H groups in total. The van der Waals surface area contributed by atoms with Gasteiger partial charge >= 0.3 is 11.9 Å². The average molecular weight is 746 g/mol. The van der Waals surface area contributed by atoms with Gasteiger partial charge < -0.3 is 24.5 Å². The molecule has 53 heavy (non-hydrogen) atoms. The molecule has 4 rings (SSSR count).